The Hall–Kier alpha value is -1.26. The Kier molecular flexibility index (Phi) is 5.74. The van der Waals surface area contributed by atoms with Gasteiger partial charge in [0.05, 0.1) is 7.11 Å². The normalized spacial score (nSPS) is 11.3. The van der Waals surface area contributed by atoms with Crippen LogP contribution >= 0.6 is 12.4 Å². The SMILES string of the molecule is COC(=O)[C@@H](N)C[13c]1[13cH][13cH][13c](O)[13cH][13cH]1.Cl. The predicted octanol–water partition coefficient (Wildman–Crippen LogP) is 0.857. The number of carbonyl (C=O) groups excluding carboxylic acids is 1. The van der Waals surface area contributed by atoms with Gasteiger partial charge in [0.2, 0.25) is 0 Å². The second kappa shape index (κ2) is 6.27. The summed E-state index contributed by atoms with van der Waals surface area (Å²) < 4.78 is 4.49. The van der Waals surface area contributed by atoms with Crippen LogP contribution in [0.3, 0.4) is 0 Å². The van der Waals surface area contributed by atoms with Crippen molar-refractivity contribution in [3.63, 3.8) is 0 Å². The smallest absolute Gasteiger partial charge is 0.322 e. The lowest BCUT2D eigenvalue weighted by atomic mass is 10.3. The number of benzene rings is 1. The maximum atomic E-state index is 11.0. The zero-order valence-electron chi connectivity index (χ0n) is 8.34. The highest BCUT2D eigenvalue weighted by Gasteiger charge is 2.13. The van der Waals surface area contributed by atoms with E-state index in [2.05, 4.69) is 4.74 Å². The average Bonchev–Trinajstić information content (AvgIpc) is 2.20. The lowest BCUT2D eigenvalue weighted by Crippen LogP contribution is -2.33. The van der Waals surface area contributed by atoms with Crippen molar-refractivity contribution in [2.75, 3.05) is 7.11 Å². The van der Waals surface area contributed by atoms with Crippen molar-refractivity contribution >= 4 is 18.4 Å². The zero-order valence-corrected chi connectivity index (χ0v) is 9.16. The molecule has 0 saturated carbocycles. The van der Waals surface area contributed by atoms with E-state index in [0.717, 1.165) is 5.56 Å². The molecule has 0 radical (unpaired) electrons. The van der Waals surface area contributed by atoms with Gasteiger partial charge < -0.3 is 15.6 Å². The van der Waals surface area contributed by atoms with E-state index in [4.69, 9.17) is 10.8 Å². The standard InChI is InChI=1S/C10H13NO3.ClH/c1-14-10(13)9(11)6-7-2-4-8(12)5-3-7;/h2-5,9,12H,6,11H2,1H3;1H/t9-;/m0./s1/i2+1,3+1,4+1,5+1,7+1,8+1;. The Morgan fingerprint density at radius 2 is 2.00 bits per heavy atom. The van der Waals surface area contributed by atoms with Crippen molar-refractivity contribution in [2.24, 2.45) is 5.73 Å². The largest absolute Gasteiger partial charge is 0.508 e. The molecule has 0 aliphatic heterocycles. The molecule has 84 valence electrons. The van der Waals surface area contributed by atoms with Crippen LogP contribution in [0.5, 0.6) is 5.75 Å². The van der Waals surface area contributed by atoms with Crippen molar-refractivity contribution in [1.29, 1.82) is 0 Å². The third-order valence-electron chi connectivity index (χ3n) is 1.90. The first kappa shape index (κ1) is 13.7. The van der Waals surface area contributed by atoms with Crippen molar-refractivity contribution in [2.45, 2.75) is 12.5 Å². The molecule has 1 rings (SSSR count). The van der Waals surface area contributed by atoms with E-state index in [0.29, 0.717) is 6.42 Å². The van der Waals surface area contributed by atoms with E-state index in [1.165, 1.54) is 7.11 Å². The number of rotatable bonds is 3. The van der Waals surface area contributed by atoms with Gasteiger partial charge in [0.25, 0.3) is 0 Å². The number of methoxy groups -OCH3 is 1. The highest BCUT2D eigenvalue weighted by Crippen LogP contribution is 2.10. The number of carbonyl (C=O) groups is 1. The third-order valence-corrected chi connectivity index (χ3v) is 1.90. The third kappa shape index (κ3) is 4.18. The van der Waals surface area contributed by atoms with Gasteiger partial charge in [-0.15, -0.1) is 12.4 Å². The molecule has 0 saturated heterocycles. The van der Waals surface area contributed by atoms with Crippen molar-refractivity contribution in [3.05, 3.63) is 29.8 Å². The number of halogens is 1. The Bertz CT molecular complexity index is 313. The molecule has 15 heavy (non-hydrogen) atoms. The topological polar surface area (TPSA) is 72.5 Å². The van der Waals surface area contributed by atoms with Gasteiger partial charge in [-0.2, -0.15) is 0 Å². The number of ether oxygens (including phenoxy) is 1. The highest BCUT2D eigenvalue weighted by molar-refractivity contribution is 5.85. The number of hydrogen-bond donors (Lipinski definition) is 2. The monoisotopic (exact) mass is 237 g/mol. The average molecular weight is 238 g/mol. The molecule has 0 aliphatic carbocycles. The van der Waals surface area contributed by atoms with Gasteiger partial charge in [-0.05, 0) is 24.1 Å². The minimum absolute atomic E-state index is 0. The summed E-state index contributed by atoms with van der Waals surface area (Å²) in [5.74, 6) is -0.238. The fourth-order valence-electron chi connectivity index (χ4n) is 1.12. The molecule has 5 heteroatoms. The first-order valence-electron chi connectivity index (χ1n) is 4.25. The summed E-state index contributed by atoms with van der Waals surface area (Å²) >= 11 is 0. The van der Waals surface area contributed by atoms with Crippen LogP contribution in [0, 0.1) is 0 Å². The molecule has 1 atom stereocenters. The van der Waals surface area contributed by atoms with Crippen LogP contribution in [0.25, 0.3) is 0 Å². The lowest BCUT2D eigenvalue weighted by molar-refractivity contribution is -0.142. The summed E-state index contributed by atoms with van der Waals surface area (Å²) in [5.41, 5.74) is 6.45. The molecule has 0 heterocycles. The molecule has 3 N–H and O–H groups in total. The number of esters is 1. The summed E-state index contributed by atoms with van der Waals surface area (Å²) in [6.07, 6.45) is 0.410. The molecule has 1 aromatic carbocycles. The molecule has 1 aromatic rings. The van der Waals surface area contributed by atoms with Crippen LogP contribution in [0.15, 0.2) is 24.3 Å². The number of phenolic OH excluding ortho intramolecular Hbond substituents is 1. The summed E-state index contributed by atoms with van der Waals surface area (Å²) in [6.45, 7) is 0. The van der Waals surface area contributed by atoms with Crippen LogP contribution in [-0.4, -0.2) is 24.2 Å². The number of aromatic hydroxyl groups is 1. The fourth-order valence-corrected chi connectivity index (χ4v) is 1.12. The van der Waals surface area contributed by atoms with E-state index >= 15 is 0 Å². The van der Waals surface area contributed by atoms with E-state index in [-0.39, 0.29) is 18.2 Å². The zero-order chi connectivity index (χ0) is 10.6. The van der Waals surface area contributed by atoms with Gasteiger partial charge in [0.1, 0.15) is 11.8 Å². The molecular weight excluding hydrogens is 224 g/mol. The number of nitrogens with two attached hydrogens (primary N) is 1. The van der Waals surface area contributed by atoms with Crippen LogP contribution in [0.2, 0.25) is 0 Å². The van der Waals surface area contributed by atoms with Crippen LogP contribution in [0.1, 0.15) is 5.56 Å². The maximum Gasteiger partial charge on any atom is 0.322 e. The first-order valence-corrected chi connectivity index (χ1v) is 4.25. The Morgan fingerprint density at radius 3 is 2.47 bits per heavy atom. The van der Waals surface area contributed by atoms with E-state index in [1.54, 1.807) is 24.3 Å². The lowest BCUT2D eigenvalue weighted by Gasteiger charge is -2.08. The van der Waals surface area contributed by atoms with Crippen LogP contribution < -0.4 is 5.73 Å². The van der Waals surface area contributed by atoms with Gasteiger partial charge in [0.15, 0.2) is 0 Å². The summed E-state index contributed by atoms with van der Waals surface area (Å²) in [7, 11) is 1.30. The van der Waals surface area contributed by atoms with Gasteiger partial charge in [-0.25, -0.2) is 0 Å². The molecule has 0 aliphatic rings. The predicted molar refractivity (Wildman–Crippen MR) is 59.1 cm³/mol. The Balaban J connectivity index is 0.00000196. The Morgan fingerprint density at radius 1 is 1.47 bits per heavy atom. The minimum atomic E-state index is -0.649. The maximum absolute atomic E-state index is 11.0. The Labute approximate surface area is 94.5 Å². The van der Waals surface area contributed by atoms with E-state index < -0.39 is 12.0 Å². The molecule has 4 nitrogen and oxygen atoms in total. The van der Waals surface area contributed by atoms with E-state index in [9.17, 15) is 4.79 Å². The molecule has 0 amide bonds. The van der Waals surface area contributed by atoms with Crippen molar-refractivity contribution < 1.29 is 14.6 Å². The summed E-state index contributed by atoms with van der Waals surface area (Å²) in [5, 5.41) is 9.02. The second-order valence-corrected chi connectivity index (χ2v) is 3.00. The summed E-state index contributed by atoms with van der Waals surface area (Å²) in [4.78, 5) is 11.0. The van der Waals surface area contributed by atoms with Gasteiger partial charge in [0, 0.05) is 0 Å². The first-order chi connectivity index (χ1) is 6.63. The molecular formula is C10H14ClNO3. The highest BCUT2D eigenvalue weighted by atomic mass is 35.5. The van der Waals surface area contributed by atoms with Gasteiger partial charge in [-0.3, -0.25) is 4.79 Å². The minimum Gasteiger partial charge on any atom is -0.508 e. The molecule has 0 bridgehead atoms. The molecule has 0 aromatic heterocycles. The summed E-state index contributed by atoms with van der Waals surface area (Å²) in [6, 6.07) is 5.90. The van der Waals surface area contributed by atoms with Crippen LogP contribution in [-0.2, 0) is 16.0 Å². The second-order valence-electron chi connectivity index (χ2n) is 3.00. The van der Waals surface area contributed by atoms with Crippen molar-refractivity contribution in [3.8, 4) is 5.75 Å². The molecule has 0 spiro atoms. The van der Waals surface area contributed by atoms with E-state index in [1.807, 2.05) is 0 Å². The van der Waals surface area contributed by atoms with Crippen LogP contribution in [0.4, 0.5) is 0 Å². The quantitative estimate of drug-likeness (QED) is 0.765. The number of hydrogen-bond acceptors (Lipinski definition) is 4. The molecule has 0 fully saturated rings. The fraction of sp³-hybridized carbons (Fsp3) is 0.300. The van der Waals surface area contributed by atoms with Gasteiger partial charge in [-0.1, -0.05) is 12.1 Å². The number of phenols is 1. The molecule has 0 unspecified atom stereocenters. The van der Waals surface area contributed by atoms with Gasteiger partial charge >= 0.3 is 5.97 Å². The van der Waals surface area contributed by atoms with Crippen molar-refractivity contribution in [1.82, 2.24) is 0 Å².